The second-order valence-corrected chi connectivity index (χ2v) is 5.26. The van der Waals surface area contributed by atoms with Crippen LogP contribution in [-0.2, 0) is 11.3 Å². The number of nitrogens with zero attached hydrogens (tertiary/aromatic N) is 2. The van der Waals surface area contributed by atoms with E-state index in [0.717, 1.165) is 0 Å². The summed E-state index contributed by atoms with van der Waals surface area (Å²) in [6.45, 7) is 6.02. The molecule has 19 heavy (non-hydrogen) atoms. The highest BCUT2D eigenvalue weighted by Crippen LogP contribution is 2.30. The van der Waals surface area contributed by atoms with Crippen LogP contribution in [0.5, 0.6) is 5.75 Å². The number of ether oxygens (including phenoxy) is 2. The molecule has 1 aliphatic heterocycles. The first-order chi connectivity index (χ1) is 8.90. The smallest absolute Gasteiger partial charge is 0.416 e. The van der Waals surface area contributed by atoms with Crippen LogP contribution in [0.15, 0.2) is 12.1 Å². The number of rotatable bonds is 1. The Morgan fingerprint density at radius 2 is 2.26 bits per heavy atom. The van der Waals surface area contributed by atoms with E-state index in [1.165, 1.54) is 4.90 Å². The van der Waals surface area contributed by atoms with Gasteiger partial charge in [-0.1, -0.05) is 0 Å². The van der Waals surface area contributed by atoms with Crippen molar-refractivity contribution in [1.82, 2.24) is 4.98 Å². The molecule has 0 bridgehead atoms. The zero-order valence-electron chi connectivity index (χ0n) is 11.3. The van der Waals surface area contributed by atoms with Crippen molar-refractivity contribution < 1.29 is 19.4 Å². The van der Waals surface area contributed by atoms with Gasteiger partial charge in [0.05, 0.1) is 18.8 Å². The van der Waals surface area contributed by atoms with Crippen molar-refractivity contribution in [3.05, 3.63) is 17.8 Å². The summed E-state index contributed by atoms with van der Waals surface area (Å²) in [5.74, 6) is 0.918. The quantitative estimate of drug-likeness (QED) is 0.837. The van der Waals surface area contributed by atoms with Gasteiger partial charge in [-0.15, -0.1) is 0 Å². The van der Waals surface area contributed by atoms with Crippen molar-refractivity contribution in [2.45, 2.75) is 33.0 Å². The third-order valence-corrected chi connectivity index (χ3v) is 2.50. The molecule has 104 valence electrons. The van der Waals surface area contributed by atoms with E-state index in [1.54, 1.807) is 12.1 Å². The Bertz CT molecular complexity index is 482. The highest BCUT2D eigenvalue weighted by atomic mass is 16.6. The first-order valence-electron chi connectivity index (χ1n) is 6.15. The van der Waals surface area contributed by atoms with E-state index in [9.17, 15) is 4.79 Å². The lowest BCUT2D eigenvalue weighted by Gasteiger charge is -2.30. The summed E-state index contributed by atoms with van der Waals surface area (Å²) in [5.41, 5.74) is -0.0813. The largest absolute Gasteiger partial charge is 0.488 e. The maximum absolute atomic E-state index is 12.1. The van der Waals surface area contributed by atoms with Gasteiger partial charge in [-0.3, -0.25) is 4.90 Å². The molecule has 0 unspecified atom stereocenters. The number of carbonyl (C=O) groups is 1. The highest BCUT2D eigenvalue weighted by molar-refractivity contribution is 5.88. The molecule has 1 N–H and O–H groups in total. The van der Waals surface area contributed by atoms with Crippen LogP contribution in [0.4, 0.5) is 10.6 Å². The molecule has 0 aliphatic carbocycles. The Morgan fingerprint density at radius 1 is 1.53 bits per heavy atom. The SMILES string of the molecule is CC(C)(C)OC(=O)N1CCOc2ccc(CO)nc21. The molecule has 6 nitrogen and oxygen atoms in total. The summed E-state index contributed by atoms with van der Waals surface area (Å²) in [6, 6.07) is 3.36. The average Bonchev–Trinajstić information content (AvgIpc) is 2.35. The molecule has 0 saturated carbocycles. The summed E-state index contributed by atoms with van der Waals surface area (Å²) in [4.78, 5) is 17.8. The molecule has 0 saturated heterocycles. The van der Waals surface area contributed by atoms with E-state index in [4.69, 9.17) is 14.6 Å². The molecular weight excluding hydrogens is 248 g/mol. The molecule has 6 heteroatoms. The fraction of sp³-hybridized carbons (Fsp3) is 0.538. The number of aliphatic hydroxyl groups is 1. The zero-order valence-corrected chi connectivity index (χ0v) is 11.3. The van der Waals surface area contributed by atoms with Gasteiger partial charge < -0.3 is 14.6 Å². The van der Waals surface area contributed by atoms with Gasteiger partial charge in [-0.2, -0.15) is 0 Å². The number of pyridine rings is 1. The van der Waals surface area contributed by atoms with Crippen LogP contribution in [0.2, 0.25) is 0 Å². The van der Waals surface area contributed by atoms with Gasteiger partial charge in [0, 0.05) is 0 Å². The van der Waals surface area contributed by atoms with Gasteiger partial charge in [0.1, 0.15) is 12.2 Å². The minimum Gasteiger partial charge on any atom is -0.488 e. The summed E-state index contributed by atoms with van der Waals surface area (Å²) >= 11 is 0. The number of hydrogen-bond acceptors (Lipinski definition) is 5. The predicted molar refractivity (Wildman–Crippen MR) is 69.2 cm³/mol. The molecule has 0 radical (unpaired) electrons. The summed E-state index contributed by atoms with van der Waals surface area (Å²) < 4.78 is 10.8. The summed E-state index contributed by atoms with van der Waals surface area (Å²) in [5, 5.41) is 9.11. The van der Waals surface area contributed by atoms with E-state index < -0.39 is 11.7 Å². The number of amides is 1. The van der Waals surface area contributed by atoms with Crippen LogP contribution < -0.4 is 9.64 Å². The van der Waals surface area contributed by atoms with Gasteiger partial charge in [0.2, 0.25) is 0 Å². The van der Waals surface area contributed by atoms with Crippen molar-refractivity contribution in [2.75, 3.05) is 18.1 Å². The Balaban J connectivity index is 2.28. The van der Waals surface area contributed by atoms with E-state index >= 15 is 0 Å². The fourth-order valence-corrected chi connectivity index (χ4v) is 1.72. The number of anilines is 1. The molecule has 0 spiro atoms. The number of aliphatic hydroxyl groups excluding tert-OH is 1. The molecular formula is C13H18N2O4. The Kier molecular flexibility index (Phi) is 3.61. The number of carbonyl (C=O) groups excluding carboxylic acids is 1. The maximum Gasteiger partial charge on any atom is 0.416 e. The maximum atomic E-state index is 12.1. The number of hydrogen-bond donors (Lipinski definition) is 1. The van der Waals surface area contributed by atoms with E-state index in [0.29, 0.717) is 30.4 Å². The first-order valence-corrected chi connectivity index (χ1v) is 6.15. The third kappa shape index (κ3) is 3.14. The van der Waals surface area contributed by atoms with Crippen molar-refractivity contribution >= 4 is 11.9 Å². The lowest BCUT2D eigenvalue weighted by molar-refractivity contribution is 0.0566. The van der Waals surface area contributed by atoms with Crippen molar-refractivity contribution in [1.29, 1.82) is 0 Å². The Hall–Kier alpha value is -1.82. The van der Waals surface area contributed by atoms with Crippen molar-refractivity contribution in [3.63, 3.8) is 0 Å². The first kappa shape index (κ1) is 13.6. The van der Waals surface area contributed by atoms with Crippen molar-refractivity contribution in [2.24, 2.45) is 0 Å². The lowest BCUT2D eigenvalue weighted by atomic mass is 10.2. The lowest BCUT2D eigenvalue weighted by Crippen LogP contribution is -2.42. The number of fused-ring (bicyclic) bond motifs is 1. The van der Waals surface area contributed by atoms with Crippen LogP contribution in [0.1, 0.15) is 26.5 Å². The van der Waals surface area contributed by atoms with Crippen molar-refractivity contribution in [3.8, 4) is 5.75 Å². The Labute approximate surface area is 112 Å². The predicted octanol–water partition coefficient (Wildman–Crippen LogP) is 1.71. The minimum absolute atomic E-state index is 0.185. The van der Waals surface area contributed by atoms with Gasteiger partial charge in [0.15, 0.2) is 11.6 Å². The van der Waals surface area contributed by atoms with E-state index in [2.05, 4.69) is 4.98 Å². The monoisotopic (exact) mass is 266 g/mol. The van der Waals surface area contributed by atoms with Crippen LogP contribution in [0.25, 0.3) is 0 Å². The molecule has 0 aromatic carbocycles. The molecule has 1 aromatic rings. The standard InChI is InChI=1S/C13H18N2O4/c1-13(2,3)19-12(17)15-6-7-18-10-5-4-9(8-16)14-11(10)15/h4-5,16H,6-8H2,1-3H3. The van der Waals surface area contributed by atoms with E-state index in [1.807, 2.05) is 20.8 Å². The normalized spacial score (nSPS) is 14.6. The molecule has 0 atom stereocenters. The topological polar surface area (TPSA) is 71.9 Å². The number of aromatic nitrogens is 1. The second-order valence-electron chi connectivity index (χ2n) is 5.26. The van der Waals surface area contributed by atoms with Gasteiger partial charge >= 0.3 is 6.09 Å². The van der Waals surface area contributed by atoms with Crippen LogP contribution >= 0.6 is 0 Å². The zero-order chi connectivity index (χ0) is 14.0. The van der Waals surface area contributed by atoms with Crippen LogP contribution in [0.3, 0.4) is 0 Å². The van der Waals surface area contributed by atoms with Crippen LogP contribution in [-0.4, -0.2) is 34.9 Å². The molecule has 2 rings (SSSR count). The fourth-order valence-electron chi connectivity index (χ4n) is 1.72. The molecule has 2 heterocycles. The minimum atomic E-state index is -0.565. The third-order valence-electron chi connectivity index (χ3n) is 2.50. The van der Waals surface area contributed by atoms with Gasteiger partial charge in [-0.25, -0.2) is 9.78 Å². The molecule has 1 aromatic heterocycles. The van der Waals surface area contributed by atoms with Gasteiger partial charge in [0.25, 0.3) is 0 Å². The Morgan fingerprint density at radius 3 is 2.89 bits per heavy atom. The van der Waals surface area contributed by atoms with Crippen LogP contribution in [0, 0.1) is 0 Å². The summed E-state index contributed by atoms with van der Waals surface area (Å²) in [7, 11) is 0. The molecule has 1 aliphatic rings. The van der Waals surface area contributed by atoms with E-state index in [-0.39, 0.29) is 6.61 Å². The molecule has 0 fully saturated rings. The highest BCUT2D eigenvalue weighted by Gasteiger charge is 2.29. The van der Waals surface area contributed by atoms with Gasteiger partial charge in [-0.05, 0) is 32.9 Å². The molecule has 1 amide bonds. The average molecular weight is 266 g/mol. The second kappa shape index (κ2) is 5.05. The summed E-state index contributed by atoms with van der Waals surface area (Å²) in [6.07, 6.45) is -0.459.